The molecule has 0 aliphatic rings. The molecule has 1 atom stereocenters. The van der Waals surface area contributed by atoms with Crippen LogP contribution in [0.15, 0.2) is 0 Å². The number of aliphatic carboxylic acids is 1. The summed E-state index contributed by atoms with van der Waals surface area (Å²) in [4.78, 5) is 22.7. The molecule has 0 fully saturated rings. The van der Waals surface area contributed by atoms with Gasteiger partial charge >= 0.3 is 5.97 Å². The minimum atomic E-state index is -0.953. The average molecular weight is 322 g/mol. The van der Waals surface area contributed by atoms with E-state index in [9.17, 15) is 9.59 Å². The summed E-state index contributed by atoms with van der Waals surface area (Å²) in [6.45, 7) is 5.83. The van der Waals surface area contributed by atoms with Crippen LogP contribution in [0.3, 0.4) is 0 Å². The molecule has 0 heterocycles. The normalized spacial score (nSPS) is 11.8. The molecule has 22 heavy (non-hydrogen) atoms. The van der Waals surface area contributed by atoms with Crippen LogP contribution < -0.4 is 5.32 Å². The van der Waals surface area contributed by atoms with Crippen molar-refractivity contribution >= 4 is 41.4 Å². The minimum absolute atomic E-state index is 0. The third-order valence-electron chi connectivity index (χ3n) is 3.76. The van der Waals surface area contributed by atoms with Crippen molar-refractivity contribution < 1.29 is 14.7 Å². The Kier molecular flexibility index (Phi) is 17.4. The molecule has 0 aliphatic carbocycles. The van der Waals surface area contributed by atoms with Gasteiger partial charge in [-0.15, -0.1) is 0 Å². The standard InChI is InChI=1S/C17H33NO3.Na/c1-4-5-6-7-8-9-10-11-12-13-15(19)18-16(14(2)3)17(20)21;/h14,16H,4-13H2,1-3H3,(H,18,19)(H,20,21);/t16-;/m0./s1. The molecule has 0 aromatic carbocycles. The maximum atomic E-state index is 11.7. The van der Waals surface area contributed by atoms with Crippen LogP contribution in [0.4, 0.5) is 0 Å². The van der Waals surface area contributed by atoms with Crippen LogP contribution in [0, 0.1) is 5.92 Å². The van der Waals surface area contributed by atoms with E-state index in [4.69, 9.17) is 5.11 Å². The maximum absolute atomic E-state index is 11.7. The molecule has 0 saturated carbocycles. The molecule has 0 rings (SSSR count). The van der Waals surface area contributed by atoms with Gasteiger partial charge in [-0.1, -0.05) is 72.1 Å². The topological polar surface area (TPSA) is 66.4 Å². The van der Waals surface area contributed by atoms with Crippen molar-refractivity contribution in [2.24, 2.45) is 5.92 Å². The van der Waals surface area contributed by atoms with Gasteiger partial charge in [0, 0.05) is 36.0 Å². The number of unbranched alkanes of at least 4 members (excludes halogenated alkanes) is 8. The molecule has 1 radical (unpaired) electrons. The summed E-state index contributed by atoms with van der Waals surface area (Å²) in [7, 11) is 0. The molecule has 0 spiro atoms. The number of amides is 1. The van der Waals surface area contributed by atoms with E-state index in [1.807, 2.05) is 0 Å². The number of hydrogen-bond acceptors (Lipinski definition) is 2. The summed E-state index contributed by atoms with van der Waals surface area (Å²) in [6, 6.07) is -0.768. The van der Waals surface area contributed by atoms with Crippen molar-refractivity contribution in [1.29, 1.82) is 0 Å². The number of hydrogen-bond donors (Lipinski definition) is 2. The smallest absolute Gasteiger partial charge is 0.326 e. The van der Waals surface area contributed by atoms with Gasteiger partial charge in [0.1, 0.15) is 6.04 Å². The van der Waals surface area contributed by atoms with Crippen LogP contribution in [-0.2, 0) is 9.59 Å². The zero-order chi connectivity index (χ0) is 16.1. The number of carboxylic acid groups (broad SMARTS) is 1. The van der Waals surface area contributed by atoms with Crippen LogP contribution in [0.1, 0.15) is 85.0 Å². The van der Waals surface area contributed by atoms with Crippen LogP contribution in [0.5, 0.6) is 0 Å². The van der Waals surface area contributed by atoms with Gasteiger partial charge in [0.25, 0.3) is 0 Å². The van der Waals surface area contributed by atoms with E-state index in [-0.39, 0.29) is 41.4 Å². The Morgan fingerprint density at radius 2 is 1.36 bits per heavy atom. The SMILES string of the molecule is CCCCCCCCCCCC(=O)N[C@H](C(=O)O)C(C)C.[Na]. The number of carbonyl (C=O) groups excluding carboxylic acids is 1. The molecule has 1 amide bonds. The fourth-order valence-corrected chi connectivity index (χ4v) is 2.36. The van der Waals surface area contributed by atoms with Crippen LogP contribution in [-0.4, -0.2) is 52.6 Å². The molecular weight excluding hydrogens is 289 g/mol. The first-order chi connectivity index (χ1) is 9.99. The van der Waals surface area contributed by atoms with Crippen molar-refractivity contribution in [3.8, 4) is 0 Å². The van der Waals surface area contributed by atoms with Gasteiger partial charge in [-0.3, -0.25) is 4.79 Å². The zero-order valence-electron chi connectivity index (χ0n) is 15.0. The predicted octanol–water partition coefficient (Wildman–Crippen LogP) is 3.75. The van der Waals surface area contributed by atoms with E-state index in [0.717, 1.165) is 12.8 Å². The summed E-state index contributed by atoms with van der Waals surface area (Å²) in [6.07, 6.45) is 11.3. The number of rotatable bonds is 13. The van der Waals surface area contributed by atoms with Crippen LogP contribution in [0.2, 0.25) is 0 Å². The van der Waals surface area contributed by atoms with Crippen molar-refractivity contribution in [2.45, 2.75) is 91.0 Å². The second-order valence-electron chi connectivity index (χ2n) is 6.21. The monoisotopic (exact) mass is 322 g/mol. The van der Waals surface area contributed by atoms with Crippen LogP contribution >= 0.6 is 0 Å². The molecule has 125 valence electrons. The van der Waals surface area contributed by atoms with E-state index in [1.54, 1.807) is 13.8 Å². The molecule has 0 aliphatic heterocycles. The van der Waals surface area contributed by atoms with Crippen molar-refractivity contribution in [1.82, 2.24) is 5.32 Å². The van der Waals surface area contributed by atoms with Gasteiger partial charge in [-0.25, -0.2) is 4.79 Å². The Hall–Kier alpha value is -0.0600. The first-order valence-corrected chi connectivity index (χ1v) is 8.51. The van der Waals surface area contributed by atoms with Crippen molar-refractivity contribution in [3.05, 3.63) is 0 Å². The van der Waals surface area contributed by atoms with Crippen molar-refractivity contribution in [2.75, 3.05) is 0 Å². The molecule has 0 unspecified atom stereocenters. The number of carbonyl (C=O) groups is 2. The Balaban J connectivity index is 0. The first kappa shape index (κ1) is 24.2. The average Bonchev–Trinajstić information content (AvgIpc) is 2.42. The minimum Gasteiger partial charge on any atom is -0.480 e. The number of carboxylic acids is 1. The quantitative estimate of drug-likeness (QED) is 0.401. The van der Waals surface area contributed by atoms with E-state index < -0.39 is 12.0 Å². The predicted molar refractivity (Wildman–Crippen MR) is 92.0 cm³/mol. The Morgan fingerprint density at radius 1 is 0.909 bits per heavy atom. The van der Waals surface area contributed by atoms with Gasteiger partial charge in [0.05, 0.1) is 0 Å². The first-order valence-electron chi connectivity index (χ1n) is 8.51. The third-order valence-corrected chi connectivity index (χ3v) is 3.76. The molecular formula is C17H33NNaO3. The molecule has 2 N–H and O–H groups in total. The summed E-state index contributed by atoms with van der Waals surface area (Å²) < 4.78 is 0. The van der Waals surface area contributed by atoms with Gasteiger partial charge < -0.3 is 10.4 Å². The Labute approximate surface area is 158 Å². The van der Waals surface area contributed by atoms with Gasteiger partial charge in [0.15, 0.2) is 0 Å². The van der Waals surface area contributed by atoms with E-state index in [1.165, 1.54) is 44.9 Å². The van der Waals surface area contributed by atoms with Crippen LogP contribution in [0.25, 0.3) is 0 Å². The fraction of sp³-hybridized carbons (Fsp3) is 0.882. The van der Waals surface area contributed by atoms with E-state index >= 15 is 0 Å². The van der Waals surface area contributed by atoms with Crippen molar-refractivity contribution in [3.63, 3.8) is 0 Å². The zero-order valence-corrected chi connectivity index (χ0v) is 17.0. The second kappa shape index (κ2) is 15.8. The third kappa shape index (κ3) is 13.6. The largest absolute Gasteiger partial charge is 0.480 e. The molecule has 5 heteroatoms. The van der Waals surface area contributed by atoms with Gasteiger partial charge in [-0.2, -0.15) is 0 Å². The Bertz CT molecular complexity index is 296. The summed E-state index contributed by atoms with van der Waals surface area (Å²) in [5, 5.41) is 11.6. The fourth-order valence-electron chi connectivity index (χ4n) is 2.36. The van der Waals surface area contributed by atoms with Gasteiger partial charge in [-0.05, 0) is 12.3 Å². The maximum Gasteiger partial charge on any atom is 0.326 e. The Morgan fingerprint density at radius 3 is 1.77 bits per heavy atom. The molecule has 0 saturated heterocycles. The molecule has 0 bridgehead atoms. The summed E-state index contributed by atoms with van der Waals surface area (Å²) in [5.41, 5.74) is 0. The molecule has 0 aromatic rings. The summed E-state index contributed by atoms with van der Waals surface area (Å²) in [5.74, 6) is -1.18. The molecule has 4 nitrogen and oxygen atoms in total. The second-order valence-corrected chi connectivity index (χ2v) is 6.21. The number of nitrogens with one attached hydrogen (secondary N) is 1. The summed E-state index contributed by atoms with van der Waals surface area (Å²) >= 11 is 0. The van der Waals surface area contributed by atoms with E-state index in [0.29, 0.717) is 6.42 Å². The molecule has 0 aromatic heterocycles. The van der Waals surface area contributed by atoms with Gasteiger partial charge in [0.2, 0.25) is 5.91 Å². The van der Waals surface area contributed by atoms with E-state index in [2.05, 4.69) is 12.2 Å².